The van der Waals surface area contributed by atoms with E-state index in [9.17, 15) is 4.79 Å². The van der Waals surface area contributed by atoms with Crippen LogP contribution in [-0.4, -0.2) is 26.6 Å². The van der Waals surface area contributed by atoms with Gasteiger partial charge in [0, 0.05) is 21.7 Å². The minimum Gasteiger partial charge on any atom is -0.496 e. The van der Waals surface area contributed by atoms with E-state index in [1.54, 1.807) is 13.2 Å². The number of rotatable bonds is 6. The lowest BCUT2D eigenvalue weighted by molar-refractivity contribution is -0.885. The standard InChI is InChI=1S/C21H21ClN2O2/c1-24(13-16-12-17(22)10-11-20(16)26-2)14-21(25)23-19-9-5-7-15-6-3-4-8-18(15)19/h3-12H,13-14H2,1-2H3,(H,23,25)/p+1. The lowest BCUT2D eigenvalue weighted by Gasteiger charge is -2.16. The molecule has 0 saturated heterocycles. The van der Waals surface area contributed by atoms with E-state index in [4.69, 9.17) is 16.3 Å². The number of ether oxygens (including phenoxy) is 1. The van der Waals surface area contributed by atoms with E-state index in [2.05, 4.69) is 5.32 Å². The molecule has 1 atom stereocenters. The SMILES string of the molecule is COc1ccc(Cl)cc1C[NH+](C)CC(=O)Nc1cccc2ccccc12. The molecule has 4 nitrogen and oxygen atoms in total. The molecular formula is C21H22ClN2O2+. The second kappa shape index (κ2) is 8.21. The van der Waals surface area contributed by atoms with Crippen molar-refractivity contribution < 1.29 is 14.4 Å². The molecule has 26 heavy (non-hydrogen) atoms. The Morgan fingerprint density at radius 2 is 1.88 bits per heavy atom. The van der Waals surface area contributed by atoms with E-state index in [1.807, 2.05) is 61.6 Å². The summed E-state index contributed by atoms with van der Waals surface area (Å²) >= 11 is 6.08. The highest BCUT2D eigenvalue weighted by atomic mass is 35.5. The average molecular weight is 370 g/mol. The summed E-state index contributed by atoms with van der Waals surface area (Å²) in [5, 5.41) is 5.83. The number of halogens is 1. The largest absolute Gasteiger partial charge is 0.496 e. The van der Waals surface area contributed by atoms with Crippen molar-refractivity contribution in [2.45, 2.75) is 6.54 Å². The van der Waals surface area contributed by atoms with Gasteiger partial charge in [0.25, 0.3) is 5.91 Å². The molecule has 134 valence electrons. The average Bonchev–Trinajstić information content (AvgIpc) is 2.62. The van der Waals surface area contributed by atoms with Crippen LogP contribution in [-0.2, 0) is 11.3 Å². The molecule has 0 radical (unpaired) electrons. The number of hydrogen-bond donors (Lipinski definition) is 2. The number of nitrogens with one attached hydrogen (secondary N) is 2. The van der Waals surface area contributed by atoms with Gasteiger partial charge in [0.15, 0.2) is 6.54 Å². The Labute approximate surface area is 158 Å². The topological polar surface area (TPSA) is 42.8 Å². The fourth-order valence-electron chi connectivity index (χ4n) is 3.08. The molecule has 5 heteroatoms. The monoisotopic (exact) mass is 369 g/mol. The molecule has 0 aliphatic carbocycles. The van der Waals surface area contributed by atoms with Crippen LogP contribution in [0.1, 0.15) is 5.56 Å². The second-order valence-electron chi connectivity index (χ2n) is 6.34. The number of fused-ring (bicyclic) bond motifs is 1. The third kappa shape index (κ3) is 4.34. The quantitative estimate of drug-likeness (QED) is 0.701. The molecule has 1 amide bonds. The van der Waals surface area contributed by atoms with Crippen molar-refractivity contribution in [1.82, 2.24) is 0 Å². The Morgan fingerprint density at radius 3 is 2.69 bits per heavy atom. The second-order valence-corrected chi connectivity index (χ2v) is 6.78. The molecule has 0 aliphatic rings. The Hall–Kier alpha value is -2.56. The van der Waals surface area contributed by atoms with Crippen LogP contribution >= 0.6 is 11.6 Å². The molecule has 0 saturated carbocycles. The summed E-state index contributed by atoms with van der Waals surface area (Å²) in [5.41, 5.74) is 1.82. The highest BCUT2D eigenvalue weighted by molar-refractivity contribution is 6.30. The summed E-state index contributed by atoms with van der Waals surface area (Å²) in [6, 6.07) is 19.5. The molecule has 3 aromatic carbocycles. The first-order valence-electron chi connectivity index (χ1n) is 8.48. The van der Waals surface area contributed by atoms with Crippen LogP contribution in [0, 0.1) is 0 Å². The third-order valence-corrected chi connectivity index (χ3v) is 4.50. The maximum absolute atomic E-state index is 12.5. The summed E-state index contributed by atoms with van der Waals surface area (Å²) in [6.07, 6.45) is 0. The van der Waals surface area contributed by atoms with Crippen molar-refractivity contribution in [3.63, 3.8) is 0 Å². The molecular weight excluding hydrogens is 348 g/mol. The van der Waals surface area contributed by atoms with Crippen molar-refractivity contribution >= 4 is 34.0 Å². The number of likely N-dealkylation sites (N-methyl/N-ethyl adjacent to an activating group) is 1. The van der Waals surface area contributed by atoms with Gasteiger partial charge >= 0.3 is 0 Å². The van der Waals surface area contributed by atoms with E-state index in [-0.39, 0.29) is 5.91 Å². The summed E-state index contributed by atoms with van der Waals surface area (Å²) in [7, 11) is 3.61. The van der Waals surface area contributed by atoms with Crippen LogP contribution in [0.2, 0.25) is 5.02 Å². The molecule has 3 rings (SSSR count). The maximum atomic E-state index is 12.5. The molecule has 0 spiro atoms. The summed E-state index contributed by atoms with van der Waals surface area (Å²) in [5.74, 6) is 0.753. The molecule has 2 N–H and O–H groups in total. The Kier molecular flexibility index (Phi) is 5.76. The Morgan fingerprint density at radius 1 is 1.12 bits per heavy atom. The van der Waals surface area contributed by atoms with E-state index < -0.39 is 0 Å². The first-order valence-corrected chi connectivity index (χ1v) is 8.86. The van der Waals surface area contributed by atoms with Gasteiger partial charge in [-0.1, -0.05) is 48.0 Å². The zero-order valence-electron chi connectivity index (χ0n) is 14.9. The summed E-state index contributed by atoms with van der Waals surface area (Å²) < 4.78 is 5.38. The van der Waals surface area contributed by atoms with Gasteiger partial charge in [-0.3, -0.25) is 4.79 Å². The maximum Gasteiger partial charge on any atom is 0.279 e. The molecule has 0 aromatic heterocycles. The fraction of sp³-hybridized carbons (Fsp3) is 0.190. The molecule has 0 bridgehead atoms. The van der Waals surface area contributed by atoms with Crippen LogP contribution < -0.4 is 15.0 Å². The Balaban J connectivity index is 1.67. The van der Waals surface area contributed by atoms with Gasteiger partial charge in [-0.25, -0.2) is 0 Å². The third-order valence-electron chi connectivity index (χ3n) is 4.26. The van der Waals surface area contributed by atoms with Gasteiger partial charge < -0.3 is 15.0 Å². The fourth-order valence-corrected chi connectivity index (χ4v) is 3.27. The predicted molar refractivity (Wildman–Crippen MR) is 106 cm³/mol. The number of amides is 1. The number of benzene rings is 3. The number of carbonyl (C=O) groups is 1. The molecule has 0 heterocycles. The van der Waals surface area contributed by atoms with Crippen molar-refractivity contribution in [2.75, 3.05) is 26.0 Å². The predicted octanol–water partition coefficient (Wildman–Crippen LogP) is 3.16. The van der Waals surface area contributed by atoms with E-state index in [0.29, 0.717) is 18.1 Å². The lowest BCUT2D eigenvalue weighted by Crippen LogP contribution is -3.08. The molecule has 0 aliphatic heterocycles. The highest BCUT2D eigenvalue weighted by Gasteiger charge is 2.14. The molecule has 1 unspecified atom stereocenters. The first kappa shape index (κ1) is 18.2. The van der Waals surface area contributed by atoms with Crippen molar-refractivity contribution in [1.29, 1.82) is 0 Å². The number of hydrogen-bond acceptors (Lipinski definition) is 2. The number of quaternary nitrogens is 1. The number of anilines is 1. The van der Waals surface area contributed by atoms with Crippen LogP contribution in [0.3, 0.4) is 0 Å². The van der Waals surface area contributed by atoms with Crippen LogP contribution in [0.15, 0.2) is 60.7 Å². The van der Waals surface area contributed by atoms with Crippen molar-refractivity contribution in [2.24, 2.45) is 0 Å². The Bertz CT molecular complexity index is 922. The van der Waals surface area contributed by atoms with E-state index in [0.717, 1.165) is 32.7 Å². The van der Waals surface area contributed by atoms with Gasteiger partial charge in [0.1, 0.15) is 12.3 Å². The zero-order chi connectivity index (χ0) is 18.5. The smallest absolute Gasteiger partial charge is 0.279 e. The van der Waals surface area contributed by atoms with Crippen LogP contribution in [0.5, 0.6) is 5.75 Å². The van der Waals surface area contributed by atoms with Crippen molar-refractivity contribution in [3.05, 3.63) is 71.2 Å². The van der Waals surface area contributed by atoms with Gasteiger partial charge in [0.05, 0.1) is 14.2 Å². The minimum absolute atomic E-state index is 0.0279. The van der Waals surface area contributed by atoms with E-state index in [1.165, 1.54) is 0 Å². The first-order chi connectivity index (χ1) is 12.6. The van der Waals surface area contributed by atoms with Crippen molar-refractivity contribution in [3.8, 4) is 5.75 Å². The lowest BCUT2D eigenvalue weighted by atomic mass is 10.1. The normalized spacial score (nSPS) is 12.0. The number of methoxy groups -OCH3 is 1. The van der Waals surface area contributed by atoms with Gasteiger partial charge in [-0.05, 0) is 29.7 Å². The summed E-state index contributed by atoms with van der Waals surface area (Å²) in [6.45, 7) is 0.992. The van der Waals surface area contributed by atoms with Gasteiger partial charge in [0.2, 0.25) is 0 Å². The van der Waals surface area contributed by atoms with Gasteiger partial charge in [-0.2, -0.15) is 0 Å². The summed E-state index contributed by atoms with van der Waals surface area (Å²) in [4.78, 5) is 13.5. The van der Waals surface area contributed by atoms with Gasteiger partial charge in [-0.15, -0.1) is 0 Å². The van der Waals surface area contributed by atoms with Crippen LogP contribution in [0.4, 0.5) is 5.69 Å². The number of carbonyl (C=O) groups excluding carboxylic acids is 1. The van der Waals surface area contributed by atoms with Crippen LogP contribution in [0.25, 0.3) is 10.8 Å². The highest BCUT2D eigenvalue weighted by Crippen LogP contribution is 2.23. The zero-order valence-corrected chi connectivity index (χ0v) is 15.6. The minimum atomic E-state index is -0.0279. The van der Waals surface area contributed by atoms with E-state index >= 15 is 0 Å². The molecule has 0 fully saturated rings. The molecule has 3 aromatic rings.